The third-order valence-electron chi connectivity index (χ3n) is 5.81. The molecule has 0 aromatic heterocycles. The first-order valence-corrected chi connectivity index (χ1v) is 9.57. The highest BCUT2D eigenvalue weighted by Crippen LogP contribution is 2.44. The predicted octanol–water partition coefficient (Wildman–Crippen LogP) is 4.65. The van der Waals surface area contributed by atoms with E-state index >= 15 is 0 Å². The maximum Gasteiger partial charge on any atom is 0.410 e. The number of hydrogen-bond acceptors (Lipinski definition) is 3. The van der Waals surface area contributed by atoms with E-state index in [2.05, 4.69) is 24.3 Å². The van der Waals surface area contributed by atoms with E-state index in [0.717, 1.165) is 5.56 Å². The number of benzene rings is 3. The molecule has 1 aliphatic carbocycles. The average Bonchev–Trinajstić information content (AvgIpc) is 3.31. The molecule has 5 rings (SSSR count). The van der Waals surface area contributed by atoms with Crippen molar-refractivity contribution in [1.82, 2.24) is 4.90 Å². The summed E-state index contributed by atoms with van der Waals surface area (Å²) in [5, 5.41) is 9.37. The van der Waals surface area contributed by atoms with Crippen molar-refractivity contribution in [3.8, 4) is 11.1 Å². The van der Waals surface area contributed by atoms with Crippen LogP contribution < -0.4 is 0 Å². The molecule has 0 bridgehead atoms. The van der Waals surface area contributed by atoms with E-state index < -0.39 is 12.1 Å². The highest BCUT2D eigenvalue weighted by molar-refractivity contribution is 5.90. The van der Waals surface area contributed by atoms with Gasteiger partial charge in [-0.3, -0.25) is 4.90 Å². The lowest BCUT2D eigenvalue weighted by Gasteiger charge is -2.19. The van der Waals surface area contributed by atoms with Gasteiger partial charge in [-0.2, -0.15) is 0 Å². The number of ether oxygens (including phenoxy) is 1. The van der Waals surface area contributed by atoms with Crippen molar-refractivity contribution in [3.63, 3.8) is 0 Å². The van der Waals surface area contributed by atoms with Gasteiger partial charge in [0.05, 0.1) is 12.1 Å². The van der Waals surface area contributed by atoms with Crippen LogP contribution in [0.2, 0.25) is 0 Å². The zero-order chi connectivity index (χ0) is 20.0. The van der Waals surface area contributed by atoms with Gasteiger partial charge < -0.3 is 9.84 Å². The molecule has 0 unspecified atom stereocenters. The second kappa shape index (κ2) is 6.78. The molecule has 144 valence electrons. The van der Waals surface area contributed by atoms with Crippen LogP contribution in [0.25, 0.3) is 11.1 Å². The normalized spacial score (nSPS) is 14.3. The maximum absolute atomic E-state index is 12.7. The van der Waals surface area contributed by atoms with Crippen molar-refractivity contribution in [1.29, 1.82) is 0 Å². The number of fused-ring (bicyclic) bond motifs is 4. The average molecular weight is 385 g/mol. The number of carboxylic acid groups (broad SMARTS) is 1. The molecule has 0 spiro atoms. The monoisotopic (exact) mass is 385 g/mol. The SMILES string of the molecule is O=C(O)c1cccc2c1CN(C(=O)OCC1c3ccccc3-c3ccccc31)C2. The van der Waals surface area contributed by atoms with Gasteiger partial charge in [0.2, 0.25) is 0 Å². The van der Waals surface area contributed by atoms with E-state index in [4.69, 9.17) is 4.74 Å². The lowest BCUT2D eigenvalue weighted by Crippen LogP contribution is -2.27. The molecule has 29 heavy (non-hydrogen) atoms. The summed E-state index contributed by atoms with van der Waals surface area (Å²) in [5.74, 6) is -0.970. The zero-order valence-corrected chi connectivity index (χ0v) is 15.7. The Bertz CT molecular complexity index is 1090. The van der Waals surface area contributed by atoms with Gasteiger partial charge in [0, 0.05) is 12.5 Å². The summed E-state index contributed by atoms with van der Waals surface area (Å²) in [6.07, 6.45) is -0.417. The molecule has 1 aliphatic heterocycles. The highest BCUT2D eigenvalue weighted by Gasteiger charge is 2.32. The minimum absolute atomic E-state index is 0.00547. The van der Waals surface area contributed by atoms with Gasteiger partial charge in [-0.1, -0.05) is 60.7 Å². The summed E-state index contributed by atoms with van der Waals surface area (Å²) in [7, 11) is 0. The summed E-state index contributed by atoms with van der Waals surface area (Å²) in [6, 6.07) is 21.5. The highest BCUT2D eigenvalue weighted by atomic mass is 16.6. The fraction of sp³-hybridized carbons (Fsp3) is 0.167. The molecule has 1 heterocycles. The first-order valence-electron chi connectivity index (χ1n) is 9.57. The van der Waals surface area contributed by atoms with E-state index in [-0.39, 0.29) is 24.6 Å². The Hall–Kier alpha value is -3.60. The number of carboxylic acids is 1. The molecule has 0 fully saturated rings. The number of rotatable bonds is 3. The van der Waals surface area contributed by atoms with Crippen molar-refractivity contribution in [3.05, 3.63) is 94.5 Å². The largest absolute Gasteiger partial charge is 0.478 e. The Balaban J connectivity index is 1.33. The van der Waals surface area contributed by atoms with Gasteiger partial charge in [-0.25, -0.2) is 9.59 Å². The summed E-state index contributed by atoms with van der Waals surface area (Å²) >= 11 is 0. The fourth-order valence-corrected chi connectivity index (χ4v) is 4.44. The number of nitrogens with zero attached hydrogens (tertiary/aromatic N) is 1. The van der Waals surface area contributed by atoms with Crippen LogP contribution in [0.15, 0.2) is 66.7 Å². The summed E-state index contributed by atoms with van der Waals surface area (Å²) in [6.45, 7) is 0.882. The Labute approximate surface area is 168 Å². The first-order chi connectivity index (χ1) is 14.1. The van der Waals surface area contributed by atoms with E-state index in [1.807, 2.05) is 30.3 Å². The van der Waals surface area contributed by atoms with Crippen LogP contribution in [0.1, 0.15) is 38.5 Å². The molecule has 3 aromatic rings. The Kier molecular flexibility index (Phi) is 4.09. The Morgan fingerprint density at radius 2 is 1.55 bits per heavy atom. The van der Waals surface area contributed by atoms with Crippen molar-refractivity contribution in [2.24, 2.45) is 0 Å². The molecular weight excluding hydrogens is 366 g/mol. The molecule has 3 aromatic carbocycles. The molecule has 0 atom stereocenters. The van der Waals surface area contributed by atoms with Crippen LogP contribution in [-0.2, 0) is 17.8 Å². The third kappa shape index (κ3) is 2.86. The number of carbonyl (C=O) groups is 2. The number of carbonyl (C=O) groups excluding carboxylic acids is 1. The van der Waals surface area contributed by atoms with Crippen LogP contribution in [-0.4, -0.2) is 28.7 Å². The van der Waals surface area contributed by atoms with E-state index in [1.54, 1.807) is 17.0 Å². The van der Waals surface area contributed by atoms with Crippen LogP contribution in [0.5, 0.6) is 0 Å². The first kappa shape index (κ1) is 17.5. The number of aromatic carboxylic acids is 1. The van der Waals surface area contributed by atoms with Crippen LogP contribution in [0.3, 0.4) is 0 Å². The standard InChI is InChI=1S/C24H19NO4/c26-23(27)20-11-5-6-15-12-25(13-21(15)20)24(28)29-14-22-18-9-3-1-7-16(18)17-8-2-4-10-19(17)22/h1-11,22H,12-14H2,(H,26,27). The molecule has 0 radical (unpaired) electrons. The molecule has 2 aliphatic rings. The summed E-state index contributed by atoms with van der Waals surface area (Å²) in [4.78, 5) is 25.7. The molecule has 0 saturated heterocycles. The smallest absolute Gasteiger partial charge is 0.410 e. The van der Waals surface area contributed by atoms with Gasteiger partial charge >= 0.3 is 12.1 Å². The molecule has 1 amide bonds. The lowest BCUT2D eigenvalue weighted by atomic mass is 9.98. The molecule has 5 heteroatoms. The topological polar surface area (TPSA) is 66.8 Å². The van der Waals surface area contributed by atoms with Crippen LogP contribution >= 0.6 is 0 Å². The van der Waals surface area contributed by atoms with Crippen LogP contribution in [0, 0.1) is 0 Å². The van der Waals surface area contributed by atoms with E-state index in [9.17, 15) is 14.7 Å². The summed E-state index contributed by atoms with van der Waals surface area (Å²) < 4.78 is 5.69. The molecule has 5 nitrogen and oxygen atoms in total. The second-order valence-electron chi connectivity index (χ2n) is 7.41. The maximum atomic E-state index is 12.7. The lowest BCUT2D eigenvalue weighted by molar-refractivity contribution is 0.0693. The van der Waals surface area contributed by atoms with Crippen molar-refractivity contribution >= 4 is 12.1 Å². The number of hydrogen-bond donors (Lipinski definition) is 1. The Morgan fingerprint density at radius 1 is 0.897 bits per heavy atom. The number of amides is 1. The van der Waals surface area contributed by atoms with Gasteiger partial charge in [-0.05, 0) is 39.4 Å². The molecule has 0 saturated carbocycles. The zero-order valence-electron chi connectivity index (χ0n) is 15.7. The third-order valence-corrected chi connectivity index (χ3v) is 5.81. The van der Waals surface area contributed by atoms with Crippen LogP contribution in [0.4, 0.5) is 4.79 Å². The van der Waals surface area contributed by atoms with Gasteiger partial charge in [0.15, 0.2) is 0 Å². The minimum atomic E-state index is -0.976. The van der Waals surface area contributed by atoms with Crippen molar-refractivity contribution < 1.29 is 19.4 Å². The van der Waals surface area contributed by atoms with Gasteiger partial charge in [0.1, 0.15) is 6.61 Å². The molecule has 1 N–H and O–H groups in total. The minimum Gasteiger partial charge on any atom is -0.478 e. The fourth-order valence-electron chi connectivity index (χ4n) is 4.44. The van der Waals surface area contributed by atoms with E-state index in [0.29, 0.717) is 12.1 Å². The van der Waals surface area contributed by atoms with Crippen molar-refractivity contribution in [2.45, 2.75) is 19.0 Å². The second-order valence-corrected chi connectivity index (χ2v) is 7.41. The van der Waals surface area contributed by atoms with E-state index in [1.165, 1.54) is 22.3 Å². The summed E-state index contributed by atoms with van der Waals surface area (Å²) in [5.41, 5.74) is 6.50. The van der Waals surface area contributed by atoms with Gasteiger partial charge in [-0.15, -0.1) is 0 Å². The van der Waals surface area contributed by atoms with Crippen molar-refractivity contribution in [2.75, 3.05) is 6.61 Å². The van der Waals surface area contributed by atoms with Gasteiger partial charge in [0.25, 0.3) is 0 Å². The quantitative estimate of drug-likeness (QED) is 0.713. The molecular formula is C24H19NO4. The Morgan fingerprint density at radius 3 is 2.21 bits per heavy atom. The predicted molar refractivity (Wildman–Crippen MR) is 108 cm³/mol.